The van der Waals surface area contributed by atoms with Crippen LogP contribution in [0.15, 0.2) is 29.2 Å². The Kier molecular flexibility index (Phi) is 6.43. The van der Waals surface area contributed by atoms with Gasteiger partial charge in [-0.3, -0.25) is 0 Å². The highest BCUT2D eigenvalue weighted by atomic mass is 32.2. The zero-order valence-corrected chi connectivity index (χ0v) is 12.2. The van der Waals surface area contributed by atoms with E-state index in [2.05, 4.69) is 14.8 Å². The molecule has 5 nitrogen and oxygen atoms in total. The Labute approximate surface area is 121 Å². The van der Waals surface area contributed by atoms with Gasteiger partial charge in [0, 0.05) is 6.54 Å². The first-order chi connectivity index (χ1) is 9.74. The van der Waals surface area contributed by atoms with Crippen LogP contribution in [-0.2, 0) is 10.0 Å². The molecular weight excluding hydrogens is 309 g/mol. The van der Waals surface area contributed by atoms with Crippen LogP contribution in [-0.4, -0.2) is 34.4 Å². The van der Waals surface area contributed by atoms with Crippen molar-refractivity contribution in [1.29, 1.82) is 0 Å². The number of hydrogen-bond acceptors (Lipinski definition) is 4. The number of rotatable bonds is 8. The van der Waals surface area contributed by atoms with E-state index in [1.54, 1.807) is 0 Å². The fourth-order valence-corrected chi connectivity index (χ4v) is 2.57. The van der Waals surface area contributed by atoms with Gasteiger partial charge in [-0.2, -0.15) is 0 Å². The van der Waals surface area contributed by atoms with Gasteiger partial charge in [-0.05, 0) is 43.8 Å². The monoisotopic (exact) mass is 326 g/mol. The first-order valence-electron chi connectivity index (χ1n) is 6.31. The van der Waals surface area contributed by atoms with E-state index in [1.807, 2.05) is 6.92 Å². The molecule has 0 radical (unpaired) electrons. The molecule has 1 aromatic rings. The van der Waals surface area contributed by atoms with E-state index in [0.717, 1.165) is 30.8 Å². The maximum atomic E-state index is 12.0. The third kappa shape index (κ3) is 6.78. The van der Waals surface area contributed by atoms with Crippen molar-refractivity contribution in [2.24, 2.45) is 0 Å². The van der Waals surface area contributed by atoms with E-state index >= 15 is 0 Å². The lowest BCUT2D eigenvalue weighted by molar-refractivity contribution is -0.274. The van der Waals surface area contributed by atoms with E-state index in [0.29, 0.717) is 13.0 Å². The number of hydrogen-bond donors (Lipinski definition) is 2. The molecule has 1 aromatic carbocycles. The van der Waals surface area contributed by atoms with Crippen LogP contribution in [0.1, 0.15) is 13.3 Å². The maximum Gasteiger partial charge on any atom is 0.573 e. The zero-order chi connectivity index (χ0) is 15.9. The first-order valence-corrected chi connectivity index (χ1v) is 7.79. The van der Waals surface area contributed by atoms with Crippen LogP contribution < -0.4 is 14.8 Å². The molecule has 9 heteroatoms. The highest BCUT2D eigenvalue weighted by molar-refractivity contribution is 7.89. The summed E-state index contributed by atoms with van der Waals surface area (Å²) in [4.78, 5) is -0.111. The van der Waals surface area contributed by atoms with Crippen LogP contribution in [0, 0.1) is 0 Å². The van der Waals surface area contributed by atoms with Crippen molar-refractivity contribution in [3.05, 3.63) is 24.3 Å². The van der Waals surface area contributed by atoms with Gasteiger partial charge in [0.1, 0.15) is 5.75 Å². The summed E-state index contributed by atoms with van der Waals surface area (Å²) in [5.74, 6) is -0.464. The van der Waals surface area contributed by atoms with Gasteiger partial charge in [0.2, 0.25) is 10.0 Å². The largest absolute Gasteiger partial charge is 0.573 e. The van der Waals surface area contributed by atoms with Crippen LogP contribution in [0.2, 0.25) is 0 Å². The van der Waals surface area contributed by atoms with Crippen molar-refractivity contribution < 1.29 is 26.3 Å². The minimum atomic E-state index is -4.80. The molecule has 0 saturated heterocycles. The third-order valence-corrected chi connectivity index (χ3v) is 3.92. The van der Waals surface area contributed by atoms with E-state index < -0.39 is 22.1 Å². The molecule has 0 heterocycles. The summed E-state index contributed by atoms with van der Waals surface area (Å²) in [6.45, 7) is 3.66. The molecule has 0 aromatic heterocycles. The normalized spacial score (nSPS) is 12.4. The van der Waals surface area contributed by atoms with E-state index in [4.69, 9.17) is 0 Å². The van der Waals surface area contributed by atoms with Crippen LogP contribution >= 0.6 is 0 Å². The second-order valence-electron chi connectivity index (χ2n) is 4.12. The summed E-state index contributed by atoms with van der Waals surface area (Å²) in [6.07, 6.45) is -4.19. The summed E-state index contributed by atoms with van der Waals surface area (Å²) in [7, 11) is -3.72. The molecule has 0 atom stereocenters. The van der Waals surface area contributed by atoms with Crippen molar-refractivity contribution in [3.63, 3.8) is 0 Å². The average Bonchev–Trinajstić information content (AvgIpc) is 2.37. The van der Waals surface area contributed by atoms with Gasteiger partial charge in [0.15, 0.2) is 0 Å². The lowest BCUT2D eigenvalue weighted by Gasteiger charge is -2.10. The predicted octanol–water partition coefficient (Wildman–Crippen LogP) is 1.86. The fourth-order valence-electron chi connectivity index (χ4n) is 1.50. The molecular formula is C12H17F3N2O3S. The molecule has 0 saturated carbocycles. The predicted molar refractivity (Wildman–Crippen MR) is 71.5 cm³/mol. The van der Waals surface area contributed by atoms with Gasteiger partial charge in [0.05, 0.1) is 4.90 Å². The Morgan fingerprint density at radius 3 is 2.29 bits per heavy atom. The van der Waals surface area contributed by atoms with Gasteiger partial charge in [-0.25, -0.2) is 13.1 Å². The standard InChI is InChI=1S/C12H17F3N2O3S/c1-2-16-8-3-9-17-21(18,19)11-6-4-10(5-7-11)20-12(13,14)15/h4-7,16-17H,2-3,8-9H2,1H3. The van der Waals surface area contributed by atoms with Gasteiger partial charge in [0.25, 0.3) is 0 Å². The molecule has 0 unspecified atom stereocenters. The highest BCUT2D eigenvalue weighted by Crippen LogP contribution is 2.23. The van der Waals surface area contributed by atoms with Crippen molar-refractivity contribution >= 4 is 10.0 Å². The minimum Gasteiger partial charge on any atom is -0.406 e. The maximum absolute atomic E-state index is 12.0. The van der Waals surface area contributed by atoms with Gasteiger partial charge < -0.3 is 10.1 Å². The quantitative estimate of drug-likeness (QED) is 0.716. The summed E-state index contributed by atoms with van der Waals surface area (Å²) >= 11 is 0. The zero-order valence-electron chi connectivity index (χ0n) is 11.4. The van der Waals surface area contributed by atoms with E-state index in [-0.39, 0.29) is 11.4 Å². The SMILES string of the molecule is CCNCCCNS(=O)(=O)c1ccc(OC(F)(F)F)cc1. The molecule has 1 rings (SSSR count). The number of halogens is 3. The smallest absolute Gasteiger partial charge is 0.406 e. The summed E-state index contributed by atoms with van der Waals surface area (Å²) in [5.41, 5.74) is 0. The molecule has 21 heavy (non-hydrogen) atoms. The molecule has 0 aliphatic heterocycles. The van der Waals surface area contributed by atoms with Crippen LogP contribution in [0.25, 0.3) is 0 Å². The molecule has 0 bridgehead atoms. The van der Waals surface area contributed by atoms with Crippen molar-refractivity contribution in [2.75, 3.05) is 19.6 Å². The number of alkyl halides is 3. The summed E-state index contributed by atoms with van der Waals surface area (Å²) in [6, 6.07) is 4.04. The van der Waals surface area contributed by atoms with Crippen LogP contribution in [0.4, 0.5) is 13.2 Å². The molecule has 0 fully saturated rings. The molecule has 0 aliphatic rings. The Balaban J connectivity index is 2.59. The van der Waals surface area contributed by atoms with Crippen molar-refractivity contribution in [2.45, 2.75) is 24.6 Å². The van der Waals surface area contributed by atoms with Gasteiger partial charge in [-0.1, -0.05) is 6.92 Å². The summed E-state index contributed by atoms with van der Waals surface area (Å²) < 4.78 is 65.7. The Morgan fingerprint density at radius 2 is 1.76 bits per heavy atom. The Bertz CT molecular complexity index is 530. The van der Waals surface area contributed by atoms with E-state index in [1.165, 1.54) is 0 Å². The molecule has 0 spiro atoms. The Hall–Kier alpha value is -1.32. The number of benzene rings is 1. The first kappa shape index (κ1) is 17.7. The van der Waals surface area contributed by atoms with Crippen molar-refractivity contribution in [1.82, 2.24) is 10.0 Å². The lowest BCUT2D eigenvalue weighted by atomic mass is 10.3. The molecule has 0 aliphatic carbocycles. The molecule has 120 valence electrons. The molecule has 0 amide bonds. The van der Waals surface area contributed by atoms with Crippen LogP contribution in [0.5, 0.6) is 5.75 Å². The molecule has 2 N–H and O–H groups in total. The number of ether oxygens (including phenoxy) is 1. The average molecular weight is 326 g/mol. The summed E-state index contributed by atoms with van der Waals surface area (Å²) in [5, 5.41) is 3.05. The van der Waals surface area contributed by atoms with E-state index in [9.17, 15) is 21.6 Å². The second kappa shape index (κ2) is 7.62. The Morgan fingerprint density at radius 1 is 1.14 bits per heavy atom. The number of nitrogens with one attached hydrogen (secondary N) is 2. The number of sulfonamides is 1. The van der Waals surface area contributed by atoms with Crippen LogP contribution in [0.3, 0.4) is 0 Å². The van der Waals surface area contributed by atoms with Gasteiger partial charge in [-0.15, -0.1) is 13.2 Å². The third-order valence-electron chi connectivity index (χ3n) is 2.44. The second-order valence-corrected chi connectivity index (χ2v) is 5.89. The highest BCUT2D eigenvalue weighted by Gasteiger charge is 2.31. The minimum absolute atomic E-state index is 0.111. The van der Waals surface area contributed by atoms with Crippen molar-refractivity contribution in [3.8, 4) is 5.75 Å². The lowest BCUT2D eigenvalue weighted by Crippen LogP contribution is -2.27. The fraction of sp³-hybridized carbons (Fsp3) is 0.500. The topological polar surface area (TPSA) is 67.4 Å². The van der Waals surface area contributed by atoms with Gasteiger partial charge >= 0.3 is 6.36 Å².